The van der Waals surface area contributed by atoms with Crippen LogP contribution in [0.15, 0.2) is 45.9 Å². The average Bonchev–Trinajstić information content (AvgIpc) is 3.21. The van der Waals surface area contributed by atoms with Crippen molar-refractivity contribution in [1.82, 2.24) is 14.5 Å². The van der Waals surface area contributed by atoms with E-state index < -0.39 is 0 Å². The Morgan fingerprint density at radius 3 is 3.00 bits per heavy atom. The maximum atomic E-state index is 12.6. The third kappa shape index (κ3) is 1.91. The summed E-state index contributed by atoms with van der Waals surface area (Å²) in [5.41, 5.74) is 0.722. The van der Waals surface area contributed by atoms with Crippen molar-refractivity contribution in [2.24, 2.45) is 7.05 Å². The Morgan fingerprint density at radius 2 is 2.18 bits per heavy atom. The fourth-order valence-electron chi connectivity index (χ4n) is 3.16. The minimum Gasteiger partial charge on any atom is -0.432 e. The van der Waals surface area contributed by atoms with Gasteiger partial charge in [-0.2, -0.15) is 0 Å². The summed E-state index contributed by atoms with van der Waals surface area (Å²) in [6.45, 7) is 0.855. The predicted octanol–water partition coefficient (Wildman–Crippen LogP) is 2.26. The van der Waals surface area contributed by atoms with E-state index in [4.69, 9.17) is 9.40 Å². The lowest BCUT2D eigenvalue weighted by Gasteiger charge is -2.24. The normalized spacial score (nSPS) is 18.2. The molecule has 6 nitrogen and oxygen atoms in total. The van der Waals surface area contributed by atoms with Crippen LogP contribution in [0.1, 0.15) is 24.7 Å². The molecule has 0 spiro atoms. The van der Waals surface area contributed by atoms with Crippen molar-refractivity contribution in [2.45, 2.75) is 18.9 Å². The van der Waals surface area contributed by atoms with E-state index in [0.717, 1.165) is 30.7 Å². The summed E-state index contributed by atoms with van der Waals surface area (Å²) in [6.07, 6.45) is 5.16. The number of benzene rings is 1. The van der Waals surface area contributed by atoms with Crippen molar-refractivity contribution >= 4 is 16.9 Å². The first-order valence-corrected chi connectivity index (χ1v) is 7.37. The Labute approximate surface area is 127 Å². The molecule has 0 amide bonds. The van der Waals surface area contributed by atoms with Crippen LogP contribution in [0.5, 0.6) is 0 Å². The third-order valence-corrected chi connectivity index (χ3v) is 4.23. The second kappa shape index (κ2) is 4.98. The minimum atomic E-state index is -0.0140. The molecule has 1 aromatic carbocycles. The van der Waals surface area contributed by atoms with Crippen molar-refractivity contribution in [1.29, 1.82) is 0 Å². The lowest BCUT2D eigenvalue weighted by atomic mass is 10.1. The highest BCUT2D eigenvalue weighted by atomic mass is 16.4. The summed E-state index contributed by atoms with van der Waals surface area (Å²) in [5.74, 6) is 0.763. The van der Waals surface area contributed by atoms with Crippen LogP contribution in [-0.2, 0) is 7.05 Å². The van der Waals surface area contributed by atoms with Gasteiger partial charge in [0.05, 0.1) is 23.1 Å². The van der Waals surface area contributed by atoms with E-state index in [-0.39, 0.29) is 11.6 Å². The molecule has 3 aromatic rings. The average molecular weight is 296 g/mol. The molecule has 3 heterocycles. The van der Waals surface area contributed by atoms with E-state index in [2.05, 4.69) is 9.88 Å². The zero-order chi connectivity index (χ0) is 15.1. The lowest BCUT2D eigenvalue weighted by molar-refractivity contribution is 0.511. The third-order valence-electron chi connectivity index (χ3n) is 4.23. The molecule has 112 valence electrons. The van der Waals surface area contributed by atoms with Gasteiger partial charge in [0, 0.05) is 13.6 Å². The second-order valence-electron chi connectivity index (χ2n) is 5.52. The van der Waals surface area contributed by atoms with Gasteiger partial charge in [0.2, 0.25) is 0 Å². The Hall–Kier alpha value is -2.63. The van der Waals surface area contributed by atoms with Crippen molar-refractivity contribution < 1.29 is 4.42 Å². The lowest BCUT2D eigenvalue weighted by Crippen LogP contribution is -2.30. The molecular formula is C16H16N4O2. The quantitative estimate of drug-likeness (QED) is 0.726. The van der Waals surface area contributed by atoms with E-state index in [1.807, 2.05) is 24.3 Å². The molecule has 1 unspecified atom stereocenters. The summed E-state index contributed by atoms with van der Waals surface area (Å²) in [4.78, 5) is 23.6. The molecule has 1 fully saturated rings. The van der Waals surface area contributed by atoms with E-state index >= 15 is 0 Å². The van der Waals surface area contributed by atoms with Crippen LogP contribution in [-0.4, -0.2) is 21.1 Å². The molecule has 0 aliphatic carbocycles. The fraction of sp³-hybridized carbons (Fsp3) is 0.312. The molecule has 1 aliphatic heterocycles. The summed E-state index contributed by atoms with van der Waals surface area (Å²) in [6, 6.07) is 8.06. The molecule has 0 N–H and O–H groups in total. The molecule has 1 aliphatic rings. The second-order valence-corrected chi connectivity index (χ2v) is 5.52. The van der Waals surface area contributed by atoms with Crippen molar-refractivity contribution in [3.63, 3.8) is 0 Å². The molecule has 0 saturated carbocycles. The maximum Gasteiger partial charge on any atom is 0.297 e. The van der Waals surface area contributed by atoms with Crippen LogP contribution in [0.25, 0.3) is 10.9 Å². The smallest absolute Gasteiger partial charge is 0.297 e. The van der Waals surface area contributed by atoms with E-state index in [1.54, 1.807) is 24.1 Å². The van der Waals surface area contributed by atoms with E-state index in [1.165, 1.54) is 0 Å². The van der Waals surface area contributed by atoms with E-state index in [9.17, 15) is 4.79 Å². The van der Waals surface area contributed by atoms with Crippen LogP contribution in [0, 0.1) is 0 Å². The van der Waals surface area contributed by atoms with Crippen LogP contribution < -0.4 is 10.5 Å². The van der Waals surface area contributed by atoms with Crippen LogP contribution in [0.2, 0.25) is 0 Å². The predicted molar refractivity (Wildman–Crippen MR) is 82.8 cm³/mol. The largest absolute Gasteiger partial charge is 0.432 e. The first kappa shape index (κ1) is 13.1. The van der Waals surface area contributed by atoms with Crippen LogP contribution in [0.4, 0.5) is 6.01 Å². The first-order chi connectivity index (χ1) is 10.8. The topological polar surface area (TPSA) is 64.2 Å². The highest BCUT2D eigenvalue weighted by molar-refractivity contribution is 5.77. The molecule has 2 aromatic heterocycles. The monoisotopic (exact) mass is 296 g/mol. The van der Waals surface area contributed by atoms with Gasteiger partial charge in [-0.25, -0.2) is 9.97 Å². The van der Waals surface area contributed by atoms with Crippen molar-refractivity contribution in [2.75, 3.05) is 11.4 Å². The van der Waals surface area contributed by atoms with Crippen molar-refractivity contribution in [3.8, 4) is 0 Å². The minimum absolute atomic E-state index is 0.0140. The highest BCUT2D eigenvalue weighted by Gasteiger charge is 2.32. The summed E-state index contributed by atoms with van der Waals surface area (Å²) >= 11 is 0. The number of aromatic nitrogens is 3. The number of hydrogen-bond donors (Lipinski definition) is 0. The molecule has 6 heteroatoms. The van der Waals surface area contributed by atoms with Gasteiger partial charge >= 0.3 is 0 Å². The molecule has 4 rings (SSSR count). The highest BCUT2D eigenvalue weighted by Crippen LogP contribution is 2.34. The standard InChI is InChI=1S/C16H16N4O2/c1-19-14(18-12-6-3-2-5-11(12)15(19)21)13-7-4-9-20(13)16-17-8-10-22-16/h2-3,5-6,8,10,13H,4,7,9H2,1H3. The summed E-state index contributed by atoms with van der Waals surface area (Å²) in [7, 11) is 1.78. The van der Waals surface area contributed by atoms with Gasteiger partial charge in [-0.1, -0.05) is 12.1 Å². The number of nitrogens with zero attached hydrogens (tertiary/aromatic N) is 4. The van der Waals surface area contributed by atoms with Gasteiger partial charge in [0.1, 0.15) is 12.1 Å². The number of oxazole rings is 1. The summed E-state index contributed by atoms with van der Waals surface area (Å²) in [5, 5.41) is 0.648. The Morgan fingerprint density at radius 1 is 1.32 bits per heavy atom. The Balaban J connectivity index is 1.87. The van der Waals surface area contributed by atoms with Gasteiger partial charge in [-0.15, -0.1) is 0 Å². The maximum absolute atomic E-state index is 12.6. The van der Waals surface area contributed by atoms with Gasteiger partial charge in [-0.3, -0.25) is 9.36 Å². The molecule has 22 heavy (non-hydrogen) atoms. The zero-order valence-corrected chi connectivity index (χ0v) is 12.3. The molecule has 0 bridgehead atoms. The van der Waals surface area contributed by atoms with Gasteiger partial charge in [0.15, 0.2) is 0 Å². The zero-order valence-electron chi connectivity index (χ0n) is 12.3. The Bertz CT molecular complexity index is 869. The number of anilines is 1. The van der Waals surface area contributed by atoms with E-state index in [0.29, 0.717) is 11.4 Å². The summed E-state index contributed by atoms with van der Waals surface area (Å²) < 4.78 is 7.07. The molecule has 0 radical (unpaired) electrons. The SMILES string of the molecule is Cn1c(C2CCCN2c2ncco2)nc2ccccc2c1=O. The number of rotatable bonds is 2. The number of hydrogen-bond acceptors (Lipinski definition) is 5. The van der Waals surface area contributed by atoms with Crippen LogP contribution >= 0.6 is 0 Å². The molecular weight excluding hydrogens is 280 g/mol. The number of fused-ring (bicyclic) bond motifs is 1. The van der Waals surface area contributed by atoms with Gasteiger partial charge < -0.3 is 9.32 Å². The van der Waals surface area contributed by atoms with Gasteiger partial charge in [0.25, 0.3) is 11.6 Å². The number of para-hydroxylation sites is 1. The fourth-order valence-corrected chi connectivity index (χ4v) is 3.16. The van der Waals surface area contributed by atoms with Crippen LogP contribution in [0.3, 0.4) is 0 Å². The van der Waals surface area contributed by atoms with Gasteiger partial charge in [-0.05, 0) is 25.0 Å². The molecule has 1 atom stereocenters. The van der Waals surface area contributed by atoms with Crippen molar-refractivity contribution in [3.05, 3.63) is 52.9 Å². The first-order valence-electron chi connectivity index (χ1n) is 7.37. The Kier molecular flexibility index (Phi) is 2.96. The molecule has 1 saturated heterocycles.